The lowest BCUT2D eigenvalue weighted by molar-refractivity contribution is 0.415. The van der Waals surface area contributed by atoms with Gasteiger partial charge in [0.05, 0.1) is 12.8 Å². The number of azide groups is 1. The zero-order valence-electron chi connectivity index (χ0n) is 8.56. The third-order valence-electron chi connectivity index (χ3n) is 2.02. The molecule has 14 heavy (non-hydrogen) atoms. The van der Waals surface area contributed by atoms with Crippen LogP contribution in [0.2, 0.25) is 0 Å². The molecule has 0 amide bonds. The second-order valence-corrected chi connectivity index (χ2v) is 3.28. The summed E-state index contributed by atoms with van der Waals surface area (Å²) in [6, 6.07) is 5.61. The maximum atomic E-state index is 8.32. The molecule has 0 heterocycles. The lowest BCUT2D eigenvalue weighted by atomic mass is 10.0. The molecule has 4 nitrogen and oxygen atoms in total. The second-order valence-electron chi connectivity index (χ2n) is 3.28. The predicted molar refractivity (Wildman–Crippen MR) is 55.9 cm³/mol. The molecule has 0 fully saturated rings. The Morgan fingerprint density at radius 3 is 2.64 bits per heavy atom. The first-order chi connectivity index (χ1) is 6.69. The maximum absolute atomic E-state index is 8.32. The molecule has 0 N–H and O–H groups in total. The van der Waals surface area contributed by atoms with Gasteiger partial charge in [-0.05, 0) is 29.1 Å². The summed E-state index contributed by atoms with van der Waals surface area (Å²) in [6.45, 7) is 4.20. The van der Waals surface area contributed by atoms with Gasteiger partial charge in [-0.1, -0.05) is 25.0 Å². The van der Waals surface area contributed by atoms with E-state index in [1.165, 1.54) is 5.56 Å². The minimum absolute atomic E-state index is 0.434. The number of ether oxygens (including phenoxy) is 1. The van der Waals surface area contributed by atoms with Crippen LogP contribution in [0.5, 0.6) is 5.75 Å². The van der Waals surface area contributed by atoms with Crippen molar-refractivity contribution in [2.45, 2.75) is 19.8 Å². The number of methoxy groups -OCH3 is 1. The molecular formula is C10H13N3O. The summed E-state index contributed by atoms with van der Waals surface area (Å²) in [5.74, 6) is 1.05. The smallest absolute Gasteiger partial charge is 0.128 e. The highest BCUT2D eigenvalue weighted by Gasteiger charge is 2.04. The van der Waals surface area contributed by atoms with Gasteiger partial charge in [-0.15, -0.1) is 0 Å². The van der Waals surface area contributed by atoms with Gasteiger partial charge in [0.15, 0.2) is 0 Å². The summed E-state index contributed by atoms with van der Waals surface area (Å²) in [4.78, 5) is 2.73. The van der Waals surface area contributed by atoms with Crippen LogP contribution in [0.4, 0.5) is 5.69 Å². The summed E-state index contributed by atoms with van der Waals surface area (Å²) < 4.78 is 5.12. The highest BCUT2D eigenvalue weighted by atomic mass is 16.5. The van der Waals surface area contributed by atoms with Crippen LogP contribution >= 0.6 is 0 Å². The zero-order valence-corrected chi connectivity index (χ0v) is 8.56. The van der Waals surface area contributed by atoms with Gasteiger partial charge in [0, 0.05) is 4.91 Å². The van der Waals surface area contributed by atoms with Gasteiger partial charge in [-0.25, -0.2) is 0 Å². The average Bonchev–Trinajstić information content (AvgIpc) is 2.18. The molecule has 0 bridgehead atoms. The molecule has 1 rings (SSSR count). The van der Waals surface area contributed by atoms with Crippen LogP contribution in [0, 0.1) is 0 Å². The molecule has 0 saturated heterocycles. The topological polar surface area (TPSA) is 58.0 Å². The van der Waals surface area contributed by atoms with E-state index in [1.54, 1.807) is 13.2 Å². The van der Waals surface area contributed by atoms with Crippen LogP contribution < -0.4 is 4.74 Å². The SMILES string of the molecule is COc1cc(C(C)C)ccc1N=[N+]=[N-]. The van der Waals surface area contributed by atoms with Gasteiger partial charge in [0.2, 0.25) is 0 Å². The summed E-state index contributed by atoms with van der Waals surface area (Å²) in [5, 5.41) is 3.53. The van der Waals surface area contributed by atoms with Crippen molar-refractivity contribution in [3.63, 3.8) is 0 Å². The van der Waals surface area contributed by atoms with Crippen LogP contribution in [0.15, 0.2) is 23.3 Å². The van der Waals surface area contributed by atoms with Crippen LogP contribution in [-0.4, -0.2) is 7.11 Å². The summed E-state index contributed by atoms with van der Waals surface area (Å²) in [6.07, 6.45) is 0. The molecular weight excluding hydrogens is 178 g/mol. The third-order valence-corrected chi connectivity index (χ3v) is 2.02. The number of rotatable bonds is 3. The van der Waals surface area contributed by atoms with E-state index >= 15 is 0 Å². The first-order valence-electron chi connectivity index (χ1n) is 4.42. The number of benzene rings is 1. The standard InChI is InChI=1S/C10H13N3O/c1-7(2)8-4-5-9(12-13-11)10(6-8)14-3/h4-7H,1-3H3. The largest absolute Gasteiger partial charge is 0.496 e. The van der Waals surface area contributed by atoms with E-state index in [-0.39, 0.29) is 0 Å². The number of nitrogens with zero attached hydrogens (tertiary/aromatic N) is 3. The van der Waals surface area contributed by atoms with Crippen LogP contribution in [0.25, 0.3) is 10.4 Å². The van der Waals surface area contributed by atoms with E-state index < -0.39 is 0 Å². The van der Waals surface area contributed by atoms with E-state index in [1.807, 2.05) is 12.1 Å². The van der Waals surface area contributed by atoms with Crippen molar-refractivity contribution in [2.75, 3.05) is 7.11 Å². The molecule has 0 aromatic heterocycles. The molecule has 4 heteroatoms. The van der Waals surface area contributed by atoms with E-state index in [9.17, 15) is 0 Å². The van der Waals surface area contributed by atoms with Gasteiger partial charge >= 0.3 is 0 Å². The maximum Gasteiger partial charge on any atom is 0.128 e. The molecule has 74 valence electrons. The molecule has 1 aromatic carbocycles. The van der Waals surface area contributed by atoms with Gasteiger partial charge < -0.3 is 4.74 Å². The molecule has 0 spiro atoms. The molecule has 0 aliphatic heterocycles. The van der Waals surface area contributed by atoms with Crippen LogP contribution in [-0.2, 0) is 0 Å². The molecule has 0 aliphatic carbocycles. The molecule has 1 aromatic rings. The number of hydrogen-bond donors (Lipinski definition) is 0. The van der Waals surface area contributed by atoms with Crippen molar-refractivity contribution in [1.82, 2.24) is 0 Å². The zero-order chi connectivity index (χ0) is 10.6. The Morgan fingerprint density at radius 2 is 2.14 bits per heavy atom. The Hall–Kier alpha value is -1.67. The Kier molecular flexibility index (Phi) is 3.37. The predicted octanol–water partition coefficient (Wildman–Crippen LogP) is 3.76. The monoisotopic (exact) mass is 191 g/mol. The number of hydrogen-bond acceptors (Lipinski definition) is 2. The molecule has 0 radical (unpaired) electrons. The fourth-order valence-corrected chi connectivity index (χ4v) is 1.18. The Bertz CT molecular complexity index is 368. The van der Waals surface area contributed by atoms with Crippen molar-refractivity contribution in [3.8, 4) is 5.75 Å². The quantitative estimate of drug-likeness (QED) is 0.407. The van der Waals surface area contributed by atoms with Crippen molar-refractivity contribution in [1.29, 1.82) is 0 Å². The Balaban J connectivity index is 3.17. The second kappa shape index (κ2) is 4.53. The van der Waals surface area contributed by atoms with E-state index in [0.717, 1.165) is 0 Å². The van der Waals surface area contributed by atoms with E-state index in [0.29, 0.717) is 17.4 Å². The van der Waals surface area contributed by atoms with Gasteiger partial charge in [-0.3, -0.25) is 0 Å². The van der Waals surface area contributed by atoms with Gasteiger partial charge in [-0.2, -0.15) is 0 Å². The molecule has 0 saturated carbocycles. The van der Waals surface area contributed by atoms with Gasteiger partial charge in [0.1, 0.15) is 5.75 Å². The first kappa shape index (κ1) is 10.4. The van der Waals surface area contributed by atoms with Crippen molar-refractivity contribution >= 4 is 5.69 Å². The average molecular weight is 191 g/mol. The van der Waals surface area contributed by atoms with Crippen molar-refractivity contribution in [2.24, 2.45) is 5.11 Å². The minimum Gasteiger partial charge on any atom is -0.496 e. The van der Waals surface area contributed by atoms with Crippen molar-refractivity contribution < 1.29 is 4.74 Å². The van der Waals surface area contributed by atoms with E-state index in [4.69, 9.17) is 10.3 Å². The molecule has 0 unspecified atom stereocenters. The Morgan fingerprint density at radius 1 is 1.43 bits per heavy atom. The minimum atomic E-state index is 0.434. The Labute approximate surface area is 83.1 Å². The first-order valence-corrected chi connectivity index (χ1v) is 4.42. The van der Waals surface area contributed by atoms with Crippen LogP contribution in [0.1, 0.15) is 25.3 Å². The normalized spacial score (nSPS) is 9.71. The van der Waals surface area contributed by atoms with E-state index in [2.05, 4.69) is 23.9 Å². The highest BCUT2D eigenvalue weighted by Crippen LogP contribution is 2.30. The van der Waals surface area contributed by atoms with Gasteiger partial charge in [0.25, 0.3) is 0 Å². The van der Waals surface area contributed by atoms with Crippen LogP contribution in [0.3, 0.4) is 0 Å². The lowest BCUT2D eigenvalue weighted by Crippen LogP contribution is -1.89. The summed E-state index contributed by atoms with van der Waals surface area (Å²) >= 11 is 0. The molecule has 0 atom stereocenters. The molecule has 0 aliphatic rings. The summed E-state index contributed by atoms with van der Waals surface area (Å²) in [7, 11) is 1.57. The third kappa shape index (κ3) is 2.18. The fourth-order valence-electron chi connectivity index (χ4n) is 1.18. The highest BCUT2D eigenvalue weighted by molar-refractivity contribution is 5.53. The summed E-state index contributed by atoms with van der Waals surface area (Å²) in [5.41, 5.74) is 10.0. The fraction of sp³-hybridized carbons (Fsp3) is 0.400. The van der Waals surface area contributed by atoms with Crippen molar-refractivity contribution in [3.05, 3.63) is 34.2 Å². The lowest BCUT2D eigenvalue weighted by Gasteiger charge is -2.09.